The highest BCUT2D eigenvalue weighted by Crippen LogP contribution is 2.20. The van der Waals surface area contributed by atoms with Gasteiger partial charge in [0, 0.05) is 26.2 Å². The number of hydrogen-bond donors (Lipinski definition) is 4. The van der Waals surface area contributed by atoms with Crippen molar-refractivity contribution >= 4 is 46.4 Å². The lowest BCUT2D eigenvalue weighted by atomic mass is 10.1. The van der Waals surface area contributed by atoms with Crippen LogP contribution in [0.25, 0.3) is 0 Å². The van der Waals surface area contributed by atoms with Crippen LogP contribution in [0.15, 0.2) is 24.3 Å². The number of halogens is 1. The first kappa shape index (κ1) is 30.3. The molecule has 2 atom stereocenters. The first-order valence-corrected chi connectivity index (χ1v) is 13.1. The van der Waals surface area contributed by atoms with Gasteiger partial charge < -0.3 is 25.4 Å². The smallest absolute Gasteiger partial charge is 0.317 e. The molecule has 202 valence electrons. The van der Waals surface area contributed by atoms with Crippen molar-refractivity contribution in [2.75, 3.05) is 56.8 Å². The van der Waals surface area contributed by atoms with Gasteiger partial charge in [0.2, 0.25) is 5.91 Å². The Balaban J connectivity index is 2.29. The molecule has 2 unspecified atom stereocenters. The standard InChI is InChI=1S/C24H31IN4O8/c1-2-19(26-20(30)12-25)17-4-6-18(7-5-17)37-21-13-28(15-23(33)34)9-3-8-27(14-22(31)32)10-11-29(21)16-24(35)36/h1,4-7,19,21H,3,8-16H2,(H,26,30)(H,31,32)(H,33,34)(H,35,36). The van der Waals surface area contributed by atoms with E-state index >= 15 is 0 Å². The molecule has 0 radical (unpaired) electrons. The number of carboxylic acids is 3. The lowest BCUT2D eigenvalue weighted by Crippen LogP contribution is -2.53. The van der Waals surface area contributed by atoms with E-state index in [9.17, 15) is 34.5 Å². The molecule has 0 bridgehead atoms. The van der Waals surface area contributed by atoms with E-state index in [1.807, 2.05) is 22.6 Å². The zero-order valence-corrected chi connectivity index (χ0v) is 22.4. The Morgan fingerprint density at radius 3 is 2.14 bits per heavy atom. The number of ether oxygens (including phenoxy) is 1. The maximum atomic E-state index is 11.7. The van der Waals surface area contributed by atoms with Crippen molar-refractivity contribution in [2.45, 2.75) is 18.7 Å². The number of carbonyl (C=O) groups is 4. The van der Waals surface area contributed by atoms with Crippen LogP contribution in [-0.4, -0.2) is 117 Å². The number of terminal acetylenes is 1. The Hall–Kier alpha value is -2.93. The predicted molar refractivity (Wildman–Crippen MR) is 141 cm³/mol. The molecule has 1 aromatic carbocycles. The van der Waals surface area contributed by atoms with Gasteiger partial charge >= 0.3 is 17.9 Å². The van der Waals surface area contributed by atoms with Crippen molar-refractivity contribution in [1.82, 2.24) is 20.0 Å². The number of carboxylic acid groups (broad SMARTS) is 3. The second-order valence-electron chi connectivity index (χ2n) is 8.46. The Morgan fingerprint density at radius 1 is 0.973 bits per heavy atom. The molecule has 0 saturated carbocycles. The SMILES string of the molecule is C#CC(NC(=O)CI)c1ccc(OC2CN(CC(=O)O)CCCN(CC(=O)O)CCN2CC(=O)O)cc1. The average molecular weight is 630 g/mol. The molecular formula is C24H31IN4O8. The molecule has 1 heterocycles. The van der Waals surface area contributed by atoms with Gasteiger partial charge in [0.15, 0.2) is 6.23 Å². The van der Waals surface area contributed by atoms with Crippen LogP contribution < -0.4 is 10.1 Å². The molecule has 1 aliphatic rings. The summed E-state index contributed by atoms with van der Waals surface area (Å²) in [5, 5.41) is 30.8. The highest BCUT2D eigenvalue weighted by Gasteiger charge is 2.28. The third-order valence-electron chi connectivity index (χ3n) is 5.61. The summed E-state index contributed by atoms with van der Waals surface area (Å²) in [4.78, 5) is 51.0. The summed E-state index contributed by atoms with van der Waals surface area (Å²) >= 11 is 1.94. The molecular weight excluding hydrogens is 599 g/mol. The quantitative estimate of drug-likeness (QED) is 0.150. The lowest BCUT2D eigenvalue weighted by Gasteiger charge is -2.37. The largest absolute Gasteiger partial charge is 0.480 e. The Kier molecular flexibility index (Phi) is 12.6. The fourth-order valence-electron chi connectivity index (χ4n) is 3.94. The third-order valence-corrected chi connectivity index (χ3v) is 6.30. The number of carbonyl (C=O) groups excluding carboxylic acids is 1. The zero-order valence-electron chi connectivity index (χ0n) is 20.2. The number of aliphatic carboxylic acids is 3. The van der Waals surface area contributed by atoms with Gasteiger partial charge in [-0.1, -0.05) is 40.6 Å². The number of hydrogen-bond acceptors (Lipinski definition) is 8. The maximum absolute atomic E-state index is 11.7. The molecule has 0 spiro atoms. The molecule has 1 aromatic rings. The predicted octanol–water partition coefficient (Wildman–Crippen LogP) is 0.181. The molecule has 4 N–H and O–H groups in total. The summed E-state index contributed by atoms with van der Waals surface area (Å²) in [6, 6.07) is 6.05. The molecule has 2 rings (SSSR count). The van der Waals surface area contributed by atoms with Crippen LogP contribution in [0, 0.1) is 12.3 Å². The van der Waals surface area contributed by atoms with E-state index < -0.39 is 30.2 Å². The molecule has 13 heteroatoms. The van der Waals surface area contributed by atoms with Gasteiger partial charge in [0.1, 0.15) is 11.8 Å². The summed E-state index contributed by atoms with van der Waals surface area (Å²) in [6.07, 6.45) is 5.27. The van der Waals surface area contributed by atoms with Crippen molar-refractivity contribution in [2.24, 2.45) is 0 Å². The van der Waals surface area contributed by atoms with E-state index in [0.29, 0.717) is 37.4 Å². The fraction of sp³-hybridized carbons (Fsp3) is 0.500. The van der Waals surface area contributed by atoms with Gasteiger partial charge in [-0.05, 0) is 24.1 Å². The van der Waals surface area contributed by atoms with Gasteiger partial charge in [-0.3, -0.25) is 33.9 Å². The highest BCUT2D eigenvalue weighted by molar-refractivity contribution is 14.1. The highest BCUT2D eigenvalue weighted by atomic mass is 127. The molecule has 1 saturated heterocycles. The van der Waals surface area contributed by atoms with Gasteiger partial charge in [-0.25, -0.2) is 0 Å². The van der Waals surface area contributed by atoms with Crippen LogP contribution in [0.1, 0.15) is 18.0 Å². The Morgan fingerprint density at radius 2 is 1.57 bits per heavy atom. The summed E-state index contributed by atoms with van der Waals surface area (Å²) in [5.41, 5.74) is 0.665. The number of rotatable bonds is 11. The van der Waals surface area contributed by atoms with Crippen molar-refractivity contribution < 1.29 is 39.2 Å². The first-order chi connectivity index (χ1) is 17.6. The van der Waals surface area contributed by atoms with E-state index in [0.717, 1.165) is 0 Å². The number of alkyl halides is 1. The van der Waals surface area contributed by atoms with Crippen molar-refractivity contribution in [1.29, 1.82) is 0 Å². The minimum Gasteiger partial charge on any atom is -0.480 e. The van der Waals surface area contributed by atoms with E-state index in [1.54, 1.807) is 39.0 Å². The van der Waals surface area contributed by atoms with Crippen LogP contribution in [0.4, 0.5) is 0 Å². The van der Waals surface area contributed by atoms with Crippen molar-refractivity contribution in [3.05, 3.63) is 29.8 Å². The van der Waals surface area contributed by atoms with Crippen LogP contribution in [0.3, 0.4) is 0 Å². The molecule has 0 aromatic heterocycles. The van der Waals surface area contributed by atoms with Gasteiger partial charge in [-0.15, -0.1) is 6.42 Å². The van der Waals surface area contributed by atoms with Crippen LogP contribution in [0.2, 0.25) is 0 Å². The van der Waals surface area contributed by atoms with E-state index in [1.165, 1.54) is 0 Å². The Bertz CT molecular complexity index is 984. The van der Waals surface area contributed by atoms with Crippen LogP contribution in [0.5, 0.6) is 5.75 Å². The second kappa shape index (κ2) is 15.4. The fourth-order valence-corrected chi connectivity index (χ4v) is 4.16. The zero-order chi connectivity index (χ0) is 27.4. The van der Waals surface area contributed by atoms with Gasteiger partial charge in [-0.2, -0.15) is 0 Å². The molecule has 1 amide bonds. The van der Waals surface area contributed by atoms with Crippen LogP contribution >= 0.6 is 22.6 Å². The number of nitrogens with zero attached hydrogens (tertiary/aromatic N) is 3. The molecule has 1 aliphatic heterocycles. The summed E-state index contributed by atoms with van der Waals surface area (Å²) in [6.45, 7) is 0.549. The minimum atomic E-state index is -1.10. The first-order valence-electron chi connectivity index (χ1n) is 11.5. The number of amides is 1. The van der Waals surface area contributed by atoms with E-state index in [4.69, 9.17) is 11.2 Å². The summed E-state index contributed by atoms with van der Waals surface area (Å²) < 4.78 is 6.41. The second-order valence-corrected chi connectivity index (χ2v) is 9.22. The average Bonchev–Trinajstić information content (AvgIpc) is 2.83. The molecule has 0 aliphatic carbocycles. The topological polar surface area (TPSA) is 160 Å². The molecule has 37 heavy (non-hydrogen) atoms. The number of nitrogens with one attached hydrogen (secondary N) is 1. The molecule has 1 fully saturated rings. The normalized spacial score (nSPS) is 18.8. The molecule has 12 nitrogen and oxygen atoms in total. The van der Waals surface area contributed by atoms with Crippen LogP contribution in [-0.2, 0) is 19.2 Å². The van der Waals surface area contributed by atoms with Gasteiger partial charge in [0.25, 0.3) is 0 Å². The van der Waals surface area contributed by atoms with E-state index in [-0.39, 0.29) is 43.1 Å². The monoisotopic (exact) mass is 630 g/mol. The summed E-state index contributed by atoms with van der Waals surface area (Å²) in [7, 11) is 0. The lowest BCUT2D eigenvalue weighted by molar-refractivity contribution is -0.144. The van der Waals surface area contributed by atoms with Gasteiger partial charge in [0.05, 0.1) is 30.6 Å². The number of benzene rings is 1. The van der Waals surface area contributed by atoms with E-state index in [2.05, 4.69) is 11.2 Å². The maximum Gasteiger partial charge on any atom is 0.317 e. The Labute approximate surface area is 228 Å². The van der Waals surface area contributed by atoms with Crippen molar-refractivity contribution in [3.63, 3.8) is 0 Å². The van der Waals surface area contributed by atoms with Crippen molar-refractivity contribution in [3.8, 4) is 18.1 Å². The third kappa shape index (κ3) is 10.9. The summed E-state index contributed by atoms with van der Waals surface area (Å²) in [5.74, 6) is -0.423. The minimum absolute atomic E-state index is 0.124.